The standard InChI is InChI=1S/C23H31N3O8/c1-32-21(29)19(24-22(30)34-20(28)15-8-4-3-5-9-15)18(27)14-25-12-16-10-6-7-11-17(16)13-26(25)23(31)33-2/h3-5,8-9,16-19,27H,6-7,10-14H2,1-2H3,(H,24,30). The molecule has 2 amide bonds. The molecular formula is C23H31N3O8. The Bertz CT molecular complexity index is 880. The Labute approximate surface area is 197 Å². The molecule has 11 nitrogen and oxygen atoms in total. The number of aliphatic hydroxyl groups excluding tert-OH is 1. The molecule has 0 spiro atoms. The Morgan fingerprint density at radius 3 is 2.29 bits per heavy atom. The number of hydrogen-bond acceptors (Lipinski definition) is 9. The SMILES string of the molecule is COC(=O)C(NC(=O)OC(=O)c1ccccc1)C(O)CN1CC2CCCCC2CN1C(=O)OC. The van der Waals surface area contributed by atoms with Crippen LogP contribution in [0.4, 0.5) is 9.59 Å². The molecule has 1 saturated heterocycles. The van der Waals surface area contributed by atoms with Crippen molar-refractivity contribution < 1.29 is 38.5 Å². The molecule has 3 rings (SSSR count). The molecule has 2 N–H and O–H groups in total. The van der Waals surface area contributed by atoms with Crippen molar-refractivity contribution in [1.29, 1.82) is 0 Å². The molecule has 4 atom stereocenters. The zero-order chi connectivity index (χ0) is 24.7. The normalized spacial score (nSPS) is 22.0. The summed E-state index contributed by atoms with van der Waals surface area (Å²) in [7, 11) is 2.39. The zero-order valence-corrected chi connectivity index (χ0v) is 19.3. The van der Waals surface area contributed by atoms with E-state index in [0.29, 0.717) is 24.9 Å². The third-order valence-corrected chi connectivity index (χ3v) is 6.35. The van der Waals surface area contributed by atoms with Gasteiger partial charge in [0.2, 0.25) is 0 Å². The lowest BCUT2D eigenvalue weighted by Crippen LogP contribution is -2.61. The van der Waals surface area contributed by atoms with E-state index in [9.17, 15) is 24.3 Å². The zero-order valence-electron chi connectivity index (χ0n) is 19.3. The van der Waals surface area contributed by atoms with E-state index in [1.54, 1.807) is 23.2 Å². The number of hydrogen-bond donors (Lipinski definition) is 2. The van der Waals surface area contributed by atoms with Crippen LogP contribution in [0, 0.1) is 11.8 Å². The number of alkyl carbamates (subject to hydrolysis) is 1. The molecule has 186 valence electrons. The van der Waals surface area contributed by atoms with E-state index in [4.69, 9.17) is 14.2 Å². The van der Waals surface area contributed by atoms with E-state index in [0.717, 1.165) is 32.8 Å². The van der Waals surface area contributed by atoms with Crippen LogP contribution in [0.25, 0.3) is 0 Å². The van der Waals surface area contributed by atoms with Gasteiger partial charge in [0.05, 0.1) is 25.9 Å². The predicted octanol–water partition coefficient (Wildman–Crippen LogP) is 1.56. The number of esters is 2. The maximum absolute atomic E-state index is 12.4. The van der Waals surface area contributed by atoms with Crippen molar-refractivity contribution in [3.05, 3.63) is 35.9 Å². The van der Waals surface area contributed by atoms with Crippen LogP contribution >= 0.6 is 0 Å². The van der Waals surface area contributed by atoms with Gasteiger partial charge in [-0.15, -0.1) is 0 Å². The summed E-state index contributed by atoms with van der Waals surface area (Å²) < 4.78 is 14.4. The predicted molar refractivity (Wildman–Crippen MR) is 118 cm³/mol. The average Bonchev–Trinajstić information content (AvgIpc) is 2.86. The summed E-state index contributed by atoms with van der Waals surface area (Å²) in [5.41, 5.74) is 0.150. The number of rotatable bonds is 6. The molecule has 1 aliphatic carbocycles. The Morgan fingerprint density at radius 2 is 1.68 bits per heavy atom. The summed E-state index contributed by atoms with van der Waals surface area (Å²) in [4.78, 5) is 49.1. The molecule has 0 aromatic heterocycles. The fraction of sp³-hybridized carbons (Fsp3) is 0.565. The molecule has 1 heterocycles. The van der Waals surface area contributed by atoms with E-state index < -0.39 is 36.3 Å². The van der Waals surface area contributed by atoms with Crippen LogP contribution in [0.1, 0.15) is 36.0 Å². The number of amides is 2. The van der Waals surface area contributed by atoms with E-state index in [2.05, 4.69) is 5.32 Å². The minimum absolute atomic E-state index is 0.148. The van der Waals surface area contributed by atoms with Gasteiger partial charge in [-0.25, -0.2) is 29.2 Å². The lowest BCUT2D eigenvalue weighted by Gasteiger charge is -2.47. The molecule has 2 fully saturated rings. The summed E-state index contributed by atoms with van der Waals surface area (Å²) >= 11 is 0. The molecule has 0 radical (unpaired) electrons. The van der Waals surface area contributed by atoms with Crippen molar-refractivity contribution in [1.82, 2.24) is 15.3 Å². The van der Waals surface area contributed by atoms with Gasteiger partial charge in [-0.2, -0.15) is 0 Å². The van der Waals surface area contributed by atoms with Crippen LogP contribution in [0.3, 0.4) is 0 Å². The number of aliphatic hydroxyl groups is 1. The average molecular weight is 478 g/mol. The van der Waals surface area contributed by atoms with Crippen LogP contribution in [-0.2, 0) is 19.0 Å². The van der Waals surface area contributed by atoms with Crippen LogP contribution in [0.2, 0.25) is 0 Å². The Hall–Kier alpha value is -3.18. The molecule has 1 aliphatic heterocycles. The van der Waals surface area contributed by atoms with Gasteiger partial charge >= 0.3 is 24.1 Å². The summed E-state index contributed by atoms with van der Waals surface area (Å²) in [5.74, 6) is -1.14. The first-order chi connectivity index (χ1) is 16.3. The molecule has 4 unspecified atom stereocenters. The third-order valence-electron chi connectivity index (χ3n) is 6.35. The molecule has 2 aliphatic rings. The maximum atomic E-state index is 12.4. The molecule has 0 bridgehead atoms. The summed E-state index contributed by atoms with van der Waals surface area (Å²) in [6.07, 6.45) is 1.01. The third kappa shape index (κ3) is 6.23. The quantitative estimate of drug-likeness (QED) is 0.355. The Morgan fingerprint density at radius 1 is 1.03 bits per heavy atom. The summed E-state index contributed by atoms with van der Waals surface area (Å²) in [6, 6.07) is 6.34. The second kappa shape index (κ2) is 11.8. The van der Waals surface area contributed by atoms with Gasteiger partial charge in [0.25, 0.3) is 0 Å². The van der Waals surface area contributed by atoms with E-state index in [-0.39, 0.29) is 12.1 Å². The van der Waals surface area contributed by atoms with Gasteiger partial charge in [-0.3, -0.25) is 0 Å². The number of ether oxygens (including phenoxy) is 3. The molecule has 1 aromatic rings. The number of nitrogens with zero attached hydrogens (tertiary/aromatic N) is 2. The minimum atomic E-state index is -1.52. The summed E-state index contributed by atoms with van der Waals surface area (Å²) in [6.45, 7) is 0.806. The minimum Gasteiger partial charge on any atom is -0.467 e. The molecule has 11 heteroatoms. The van der Waals surface area contributed by atoms with E-state index in [1.165, 1.54) is 24.3 Å². The monoisotopic (exact) mass is 477 g/mol. The molecule has 1 aromatic carbocycles. The molecular weight excluding hydrogens is 446 g/mol. The van der Waals surface area contributed by atoms with Gasteiger partial charge in [0, 0.05) is 19.6 Å². The van der Waals surface area contributed by atoms with E-state index >= 15 is 0 Å². The fourth-order valence-corrected chi connectivity index (χ4v) is 4.57. The van der Waals surface area contributed by atoms with Crippen molar-refractivity contribution in [2.45, 2.75) is 37.8 Å². The summed E-state index contributed by atoms with van der Waals surface area (Å²) in [5, 5.41) is 16.1. The van der Waals surface area contributed by atoms with E-state index in [1.807, 2.05) is 0 Å². The number of hydrazine groups is 1. The first-order valence-corrected chi connectivity index (χ1v) is 11.3. The largest absolute Gasteiger partial charge is 0.467 e. The number of methoxy groups -OCH3 is 2. The first-order valence-electron chi connectivity index (χ1n) is 11.3. The Kier molecular flexibility index (Phi) is 8.83. The first kappa shape index (κ1) is 25.4. The van der Waals surface area contributed by atoms with Gasteiger partial charge < -0.3 is 24.6 Å². The topological polar surface area (TPSA) is 135 Å². The van der Waals surface area contributed by atoms with Crippen molar-refractivity contribution in [2.75, 3.05) is 33.9 Å². The van der Waals surface area contributed by atoms with Crippen molar-refractivity contribution in [2.24, 2.45) is 11.8 Å². The number of carbonyl (C=O) groups excluding carboxylic acids is 4. The van der Waals surface area contributed by atoms with Crippen LogP contribution in [0.5, 0.6) is 0 Å². The number of nitrogens with one attached hydrogen (secondary N) is 1. The fourth-order valence-electron chi connectivity index (χ4n) is 4.57. The number of fused-ring (bicyclic) bond motifs is 1. The maximum Gasteiger partial charge on any atom is 0.424 e. The van der Waals surface area contributed by atoms with Crippen molar-refractivity contribution in [3.8, 4) is 0 Å². The highest BCUT2D eigenvalue weighted by atomic mass is 16.6. The van der Waals surface area contributed by atoms with Gasteiger partial charge in [-0.1, -0.05) is 31.0 Å². The second-order valence-corrected chi connectivity index (χ2v) is 8.48. The van der Waals surface area contributed by atoms with Crippen LogP contribution in [-0.4, -0.2) is 85.2 Å². The Balaban J connectivity index is 1.67. The van der Waals surface area contributed by atoms with Gasteiger partial charge in [-0.05, 0) is 36.8 Å². The highest BCUT2D eigenvalue weighted by Crippen LogP contribution is 2.35. The molecule has 1 saturated carbocycles. The lowest BCUT2D eigenvalue weighted by molar-refractivity contribution is -0.149. The molecule has 34 heavy (non-hydrogen) atoms. The second-order valence-electron chi connectivity index (χ2n) is 8.48. The number of benzene rings is 1. The van der Waals surface area contributed by atoms with Gasteiger partial charge in [0.15, 0.2) is 6.04 Å². The van der Waals surface area contributed by atoms with Crippen molar-refractivity contribution in [3.63, 3.8) is 0 Å². The van der Waals surface area contributed by atoms with Gasteiger partial charge in [0.1, 0.15) is 0 Å². The highest BCUT2D eigenvalue weighted by Gasteiger charge is 2.41. The lowest BCUT2D eigenvalue weighted by atomic mass is 9.77. The van der Waals surface area contributed by atoms with Crippen LogP contribution < -0.4 is 5.32 Å². The number of β-amino-alcohol motifs (C(OH)–C–C–N with tert-alkyl or cyclic N) is 1. The highest BCUT2D eigenvalue weighted by molar-refractivity contribution is 5.97. The van der Waals surface area contributed by atoms with Crippen molar-refractivity contribution >= 4 is 24.1 Å². The van der Waals surface area contributed by atoms with Crippen LogP contribution in [0.15, 0.2) is 30.3 Å². The smallest absolute Gasteiger partial charge is 0.424 e. The number of carbonyl (C=O) groups is 4.